The van der Waals surface area contributed by atoms with Gasteiger partial charge in [-0.25, -0.2) is 0 Å². The third kappa shape index (κ3) is 3.70. The zero-order chi connectivity index (χ0) is 20.7. The number of nitrogens with one attached hydrogen (secondary N) is 2. The van der Waals surface area contributed by atoms with Gasteiger partial charge in [0.05, 0.1) is 11.8 Å². The molecule has 0 aromatic heterocycles. The highest BCUT2D eigenvalue weighted by molar-refractivity contribution is 9.10. The number of carbonyl (C=O) groups excluding carboxylic acids is 2. The van der Waals surface area contributed by atoms with Crippen LogP contribution in [0.5, 0.6) is 0 Å². The van der Waals surface area contributed by atoms with Crippen LogP contribution in [0.1, 0.15) is 44.9 Å². The van der Waals surface area contributed by atoms with Crippen molar-refractivity contribution in [2.45, 2.75) is 44.9 Å². The molecule has 2 amide bonds. The van der Waals surface area contributed by atoms with E-state index in [-0.39, 0.29) is 29.1 Å². The molecule has 4 fully saturated rings. The summed E-state index contributed by atoms with van der Waals surface area (Å²) < 4.78 is 0.989. The fraction of sp³-hybridized carbons (Fsp3) is 0.667. The first kappa shape index (κ1) is 20.5. The van der Waals surface area contributed by atoms with E-state index in [1.54, 1.807) is 0 Å². The average molecular weight is 474 g/mol. The molecule has 3 aliphatic carbocycles. The molecule has 0 radical (unpaired) electrons. The summed E-state index contributed by atoms with van der Waals surface area (Å²) in [4.78, 5) is 29.0. The van der Waals surface area contributed by atoms with Gasteiger partial charge < -0.3 is 15.5 Å². The lowest BCUT2D eigenvalue weighted by atomic mass is 9.78. The molecule has 5 nitrogen and oxygen atoms in total. The van der Waals surface area contributed by atoms with Crippen LogP contribution in [-0.4, -0.2) is 42.9 Å². The van der Waals surface area contributed by atoms with Crippen molar-refractivity contribution in [2.75, 3.05) is 31.5 Å². The lowest BCUT2D eigenvalue weighted by molar-refractivity contribution is -0.134. The van der Waals surface area contributed by atoms with Gasteiger partial charge >= 0.3 is 0 Å². The lowest BCUT2D eigenvalue weighted by Gasteiger charge is -2.29. The van der Waals surface area contributed by atoms with Crippen LogP contribution in [0.25, 0.3) is 0 Å². The van der Waals surface area contributed by atoms with Crippen molar-refractivity contribution < 1.29 is 9.59 Å². The van der Waals surface area contributed by atoms with E-state index >= 15 is 0 Å². The Kier molecular flexibility index (Phi) is 5.65. The van der Waals surface area contributed by atoms with Gasteiger partial charge in [-0.05, 0) is 106 Å². The van der Waals surface area contributed by atoms with Crippen LogP contribution >= 0.6 is 15.9 Å². The van der Waals surface area contributed by atoms with Crippen LogP contribution in [0.4, 0.5) is 5.69 Å². The van der Waals surface area contributed by atoms with Crippen LogP contribution < -0.4 is 10.6 Å². The zero-order valence-electron chi connectivity index (χ0n) is 17.5. The van der Waals surface area contributed by atoms with E-state index in [0.29, 0.717) is 11.8 Å². The smallest absolute Gasteiger partial charge is 0.228 e. The monoisotopic (exact) mass is 473 g/mol. The Bertz CT molecular complexity index is 801. The second-order valence-electron chi connectivity index (χ2n) is 9.76. The topological polar surface area (TPSA) is 61.4 Å². The highest BCUT2D eigenvalue weighted by Crippen LogP contribution is 2.74. The van der Waals surface area contributed by atoms with Gasteiger partial charge in [0.1, 0.15) is 0 Å². The van der Waals surface area contributed by atoms with Crippen molar-refractivity contribution in [2.24, 2.45) is 29.1 Å². The normalized spacial score (nSPS) is 31.2. The Morgan fingerprint density at radius 2 is 1.63 bits per heavy atom. The minimum absolute atomic E-state index is 0.0352. The van der Waals surface area contributed by atoms with Crippen molar-refractivity contribution in [3.8, 4) is 0 Å². The minimum Gasteiger partial charge on any atom is -0.356 e. The zero-order valence-corrected chi connectivity index (χ0v) is 19.1. The minimum atomic E-state index is -0.187. The van der Waals surface area contributed by atoms with E-state index in [1.165, 1.54) is 38.8 Å². The number of hydrogen-bond donors (Lipinski definition) is 2. The summed E-state index contributed by atoms with van der Waals surface area (Å²) in [6.45, 7) is 4.17. The number of likely N-dealkylation sites (tertiary alicyclic amines) is 1. The predicted octanol–water partition coefficient (Wildman–Crippen LogP) is 4.04. The molecule has 1 aliphatic heterocycles. The fourth-order valence-corrected chi connectivity index (χ4v) is 7.02. The third-order valence-electron chi connectivity index (χ3n) is 8.21. The van der Waals surface area contributed by atoms with Gasteiger partial charge in [-0.3, -0.25) is 9.59 Å². The maximum absolute atomic E-state index is 13.3. The van der Waals surface area contributed by atoms with E-state index in [0.717, 1.165) is 42.5 Å². The van der Waals surface area contributed by atoms with Crippen LogP contribution in [0, 0.1) is 29.1 Å². The quantitative estimate of drug-likeness (QED) is 0.587. The van der Waals surface area contributed by atoms with Crippen LogP contribution in [0.15, 0.2) is 28.7 Å². The van der Waals surface area contributed by atoms with E-state index in [4.69, 9.17) is 0 Å². The number of nitrogens with zero attached hydrogens (tertiary/aromatic N) is 1. The Morgan fingerprint density at radius 1 is 1.00 bits per heavy atom. The molecule has 4 aliphatic rings. The largest absolute Gasteiger partial charge is 0.356 e. The number of carbonyl (C=O) groups is 2. The second-order valence-corrected chi connectivity index (χ2v) is 10.7. The molecule has 4 atom stereocenters. The maximum Gasteiger partial charge on any atom is 0.228 e. The number of anilines is 1. The lowest BCUT2D eigenvalue weighted by Crippen LogP contribution is -2.43. The Morgan fingerprint density at radius 3 is 2.27 bits per heavy atom. The summed E-state index contributed by atoms with van der Waals surface area (Å²) in [6, 6.07) is 7.69. The fourth-order valence-electron chi connectivity index (χ4n) is 6.76. The Balaban J connectivity index is 1.24. The standard InChI is InChI=1S/C24H32BrN3O2/c25-16-4-6-17(7-5-16)27-23(30)21-19-9-8-18(24(19)10-11-24)20(21)22(29)26-12-3-15-28-13-1-2-14-28/h4-7,18-21H,1-3,8-15H2,(H,26,29)(H,27,30)/t18-,19+,20-,21-/m1/s1. The SMILES string of the molecule is O=C(NCCCN1CCCC1)[C@H]1[C@H](C(=O)Nc2ccc(Br)cc2)[C@@H]2CC[C@H]1C21CC1. The summed E-state index contributed by atoms with van der Waals surface area (Å²) >= 11 is 3.44. The van der Waals surface area contributed by atoms with E-state index in [9.17, 15) is 9.59 Å². The average Bonchev–Trinajstić information content (AvgIpc) is 3.10. The van der Waals surface area contributed by atoms with Gasteiger partial charge in [0.15, 0.2) is 0 Å². The number of benzene rings is 1. The molecule has 30 heavy (non-hydrogen) atoms. The molecule has 5 rings (SSSR count). The van der Waals surface area contributed by atoms with E-state index in [1.807, 2.05) is 24.3 Å². The van der Waals surface area contributed by atoms with Gasteiger partial charge in [-0.15, -0.1) is 0 Å². The molecule has 1 saturated heterocycles. The number of halogens is 1. The molecule has 3 saturated carbocycles. The summed E-state index contributed by atoms with van der Waals surface area (Å²) in [5, 5.41) is 6.31. The van der Waals surface area contributed by atoms with Crippen LogP contribution in [0.2, 0.25) is 0 Å². The third-order valence-corrected chi connectivity index (χ3v) is 8.74. The van der Waals surface area contributed by atoms with Crippen molar-refractivity contribution in [1.29, 1.82) is 0 Å². The van der Waals surface area contributed by atoms with Gasteiger partial charge in [0, 0.05) is 16.7 Å². The maximum atomic E-state index is 13.3. The summed E-state index contributed by atoms with van der Waals surface area (Å²) in [6.07, 6.45) is 8.20. The highest BCUT2D eigenvalue weighted by Gasteiger charge is 2.71. The van der Waals surface area contributed by atoms with Gasteiger partial charge in [0.2, 0.25) is 11.8 Å². The molecular formula is C24H32BrN3O2. The second kappa shape index (κ2) is 8.27. The molecule has 0 unspecified atom stereocenters. The van der Waals surface area contributed by atoms with Crippen molar-refractivity contribution in [1.82, 2.24) is 10.2 Å². The molecule has 6 heteroatoms. The molecule has 1 aromatic carbocycles. The summed E-state index contributed by atoms with van der Waals surface area (Å²) in [7, 11) is 0. The molecule has 2 N–H and O–H groups in total. The Hall–Kier alpha value is -1.40. The van der Waals surface area contributed by atoms with Crippen molar-refractivity contribution in [3.63, 3.8) is 0 Å². The van der Waals surface area contributed by atoms with Gasteiger partial charge in [0.25, 0.3) is 0 Å². The predicted molar refractivity (Wildman–Crippen MR) is 121 cm³/mol. The molecule has 162 valence electrons. The molecule has 1 spiro atoms. The van der Waals surface area contributed by atoms with E-state index in [2.05, 4.69) is 31.5 Å². The van der Waals surface area contributed by atoms with Crippen LogP contribution in [-0.2, 0) is 9.59 Å². The number of amides is 2. The molecule has 1 heterocycles. The van der Waals surface area contributed by atoms with Crippen molar-refractivity contribution >= 4 is 33.4 Å². The number of rotatable bonds is 7. The molecule has 1 aromatic rings. The first-order chi connectivity index (χ1) is 14.6. The molecular weight excluding hydrogens is 442 g/mol. The highest BCUT2D eigenvalue weighted by atomic mass is 79.9. The van der Waals surface area contributed by atoms with E-state index < -0.39 is 0 Å². The van der Waals surface area contributed by atoms with Gasteiger partial charge in [-0.2, -0.15) is 0 Å². The number of hydrogen-bond acceptors (Lipinski definition) is 3. The first-order valence-electron chi connectivity index (χ1n) is 11.6. The first-order valence-corrected chi connectivity index (χ1v) is 12.4. The molecule has 2 bridgehead atoms. The summed E-state index contributed by atoms with van der Waals surface area (Å²) in [5.74, 6) is 0.570. The summed E-state index contributed by atoms with van der Waals surface area (Å²) in [5.41, 5.74) is 1.08. The van der Waals surface area contributed by atoms with Crippen LogP contribution in [0.3, 0.4) is 0 Å². The Labute approximate surface area is 187 Å². The van der Waals surface area contributed by atoms with Gasteiger partial charge in [-0.1, -0.05) is 15.9 Å². The van der Waals surface area contributed by atoms with Crippen molar-refractivity contribution in [3.05, 3.63) is 28.7 Å².